The molecule has 0 aliphatic heterocycles. The smallest absolute Gasteiger partial charge is 0.189 e. The van der Waals surface area contributed by atoms with E-state index in [9.17, 15) is 30.0 Å². The van der Waals surface area contributed by atoms with Gasteiger partial charge in [-0.25, -0.2) is 0 Å². The molecule has 31 heavy (non-hydrogen) atoms. The quantitative estimate of drug-likeness (QED) is 0.322. The monoisotopic (exact) mass is 424 g/mol. The van der Waals surface area contributed by atoms with E-state index in [2.05, 4.69) is 0 Å². The third-order valence-electron chi connectivity index (χ3n) is 4.90. The number of rotatable bonds is 0. The highest BCUT2D eigenvalue weighted by molar-refractivity contribution is 5.83. The number of phenols is 4. The molecule has 2 aromatic heterocycles. The van der Waals surface area contributed by atoms with Crippen molar-refractivity contribution in [2.45, 2.75) is 26.3 Å². The summed E-state index contributed by atoms with van der Waals surface area (Å²) in [4.78, 5) is 23.1. The maximum atomic E-state index is 11.7. The van der Waals surface area contributed by atoms with Crippen LogP contribution in [0.1, 0.15) is 20.8 Å². The van der Waals surface area contributed by atoms with Crippen molar-refractivity contribution < 1.29 is 20.4 Å². The Morgan fingerprint density at radius 2 is 1.10 bits per heavy atom. The number of nitrogens with zero attached hydrogens (tertiary/aromatic N) is 2. The molecule has 0 unspecified atom stereocenters. The van der Waals surface area contributed by atoms with Crippen LogP contribution in [0.5, 0.6) is 23.0 Å². The summed E-state index contributed by atoms with van der Waals surface area (Å²) in [7, 11) is 1.76. The molecule has 0 saturated heterocycles. The first-order valence-corrected chi connectivity index (χ1v) is 9.49. The topological polar surface area (TPSA) is 125 Å². The van der Waals surface area contributed by atoms with Crippen molar-refractivity contribution >= 4 is 21.8 Å². The fourth-order valence-electron chi connectivity index (χ4n) is 3.26. The first-order valence-electron chi connectivity index (χ1n) is 9.49. The Kier molecular flexibility index (Phi) is 5.42. The Hall–Kier alpha value is -3.94. The Bertz CT molecular complexity index is 1410. The van der Waals surface area contributed by atoms with E-state index in [-0.39, 0.29) is 39.4 Å². The third-order valence-corrected chi connectivity index (χ3v) is 4.90. The van der Waals surface area contributed by atoms with Crippen molar-refractivity contribution in [2.75, 3.05) is 0 Å². The van der Waals surface area contributed by atoms with Gasteiger partial charge >= 0.3 is 0 Å². The molecule has 8 nitrogen and oxygen atoms in total. The van der Waals surface area contributed by atoms with E-state index >= 15 is 0 Å². The maximum Gasteiger partial charge on any atom is 0.189 e. The highest BCUT2D eigenvalue weighted by atomic mass is 16.3. The minimum atomic E-state index is -0.277. The zero-order valence-corrected chi connectivity index (χ0v) is 17.6. The molecule has 0 aliphatic carbocycles. The fraction of sp³-hybridized carbons (Fsp3) is 0.217. The van der Waals surface area contributed by atoms with Crippen LogP contribution in [-0.2, 0) is 12.6 Å². The van der Waals surface area contributed by atoms with Gasteiger partial charge in [0, 0.05) is 60.0 Å². The molecule has 0 radical (unpaired) electrons. The molecule has 4 aromatic rings. The van der Waals surface area contributed by atoms with Gasteiger partial charge in [0.05, 0.1) is 11.0 Å². The molecule has 0 bridgehead atoms. The number of pyridine rings is 2. The SMILES string of the molecule is CC(C)(C)n1ccc(=O)c2cc(O)c(O)cc21.Cn1ccc(=O)c2cc(O)c(O)cc21. The predicted molar refractivity (Wildman–Crippen MR) is 119 cm³/mol. The van der Waals surface area contributed by atoms with E-state index in [1.165, 1.54) is 36.4 Å². The predicted octanol–water partition coefficient (Wildman–Crippen LogP) is 3.12. The van der Waals surface area contributed by atoms with Crippen LogP contribution in [0.3, 0.4) is 0 Å². The molecular weight excluding hydrogens is 400 g/mol. The van der Waals surface area contributed by atoms with E-state index in [1.54, 1.807) is 24.0 Å². The van der Waals surface area contributed by atoms with Crippen molar-refractivity contribution in [3.05, 3.63) is 69.2 Å². The molecule has 0 aliphatic rings. The number of aryl methyl sites for hydroxylation is 1. The molecule has 0 atom stereocenters. The fourth-order valence-corrected chi connectivity index (χ4v) is 3.26. The van der Waals surface area contributed by atoms with Gasteiger partial charge in [-0.1, -0.05) is 0 Å². The summed E-state index contributed by atoms with van der Waals surface area (Å²) in [6.07, 6.45) is 3.31. The second-order valence-electron chi connectivity index (χ2n) is 8.23. The molecule has 4 rings (SSSR count). The average molecular weight is 424 g/mol. The highest BCUT2D eigenvalue weighted by Crippen LogP contribution is 2.31. The Morgan fingerprint density at radius 1 is 0.677 bits per heavy atom. The highest BCUT2D eigenvalue weighted by Gasteiger charge is 2.16. The third kappa shape index (κ3) is 4.18. The lowest BCUT2D eigenvalue weighted by molar-refractivity contribution is 0.397. The second kappa shape index (κ2) is 7.71. The first kappa shape index (κ1) is 21.8. The molecule has 8 heteroatoms. The average Bonchev–Trinajstić information content (AvgIpc) is 2.68. The lowest BCUT2D eigenvalue weighted by Crippen LogP contribution is -2.23. The van der Waals surface area contributed by atoms with Crippen LogP contribution in [0.2, 0.25) is 0 Å². The van der Waals surface area contributed by atoms with Crippen LogP contribution in [0.4, 0.5) is 0 Å². The zero-order valence-electron chi connectivity index (χ0n) is 17.6. The summed E-state index contributed by atoms with van der Waals surface area (Å²) in [5.74, 6) is -0.998. The van der Waals surface area contributed by atoms with E-state index in [1.807, 2.05) is 25.3 Å². The lowest BCUT2D eigenvalue weighted by atomic mass is 10.1. The van der Waals surface area contributed by atoms with Crippen molar-refractivity contribution in [3.63, 3.8) is 0 Å². The van der Waals surface area contributed by atoms with Crippen molar-refractivity contribution in [2.24, 2.45) is 7.05 Å². The van der Waals surface area contributed by atoms with Gasteiger partial charge in [0.15, 0.2) is 33.9 Å². The van der Waals surface area contributed by atoms with E-state index in [4.69, 9.17) is 0 Å². The molecule has 4 N–H and O–H groups in total. The Morgan fingerprint density at radius 3 is 1.61 bits per heavy atom. The molecular formula is C23H24N2O6. The van der Waals surface area contributed by atoms with Crippen LogP contribution in [-0.4, -0.2) is 29.6 Å². The molecule has 162 valence electrons. The van der Waals surface area contributed by atoms with E-state index in [0.29, 0.717) is 21.8 Å². The van der Waals surface area contributed by atoms with Crippen LogP contribution in [0.15, 0.2) is 58.4 Å². The Balaban J connectivity index is 0.000000179. The van der Waals surface area contributed by atoms with Crippen LogP contribution >= 0.6 is 0 Å². The van der Waals surface area contributed by atoms with Gasteiger partial charge in [-0.05, 0) is 32.9 Å². The minimum absolute atomic E-state index is 0.171. The molecule has 2 aromatic carbocycles. The molecule has 0 saturated carbocycles. The van der Waals surface area contributed by atoms with Crippen molar-refractivity contribution in [1.82, 2.24) is 9.13 Å². The van der Waals surface area contributed by atoms with E-state index in [0.717, 1.165) is 0 Å². The Labute approximate surface area is 177 Å². The lowest BCUT2D eigenvalue weighted by Gasteiger charge is -2.25. The van der Waals surface area contributed by atoms with Gasteiger partial charge in [-0.2, -0.15) is 0 Å². The van der Waals surface area contributed by atoms with Gasteiger partial charge < -0.3 is 29.6 Å². The summed E-state index contributed by atoms with van der Waals surface area (Å²) < 4.78 is 3.60. The minimum Gasteiger partial charge on any atom is -0.504 e. The number of benzene rings is 2. The number of aromatic nitrogens is 2. The van der Waals surface area contributed by atoms with Gasteiger partial charge in [0.1, 0.15) is 0 Å². The van der Waals surface area contributed by atoms with Crippen LogP contribution in [0, 0.1) is 0 Å². The number of hydrogen-bond acceptors (Lipinski definition) is 6. The van der Waals surface area contributed by atoms with Crippen LogP contribution in [0.25, 0.3) is 21.8 Å². The van der Waals surface area contributed by atoms with Gasteiger partial charge in [-0.3, -0.25) is 9.59 Å². The van der Waals surface area contributed by atoms with Gasteiger partial charge in [0.2, 0.25) is 0 Å². The van der Waals surface area contributed by atoms with Crippen LogP contribution < -0.4 is 10.9 Å². The summed E-state index contributed by atoms with van der Waals surface area (Å²) in [5, 5.41) is 38.3. The summed E-state index contributed by atoms with van der Waals surface area (Å²) >= 11 is 0. The second-order valence-corrected chi connectivity index (χ2v) is 8.23. The van der Waals surface area contributed by atoms with Gasteiger partial charge in [-0.15, -0.1) is 0 Å². The van der Waals surface area contributed by atoms with Gasteiger partial charge in [0.25, 0.3) is 0 Å². The number of phenolic OH excluding ortho intramolecular Hbond substituents is 4. The standard InChI is InChI=1S/C13H15NO3.C10H9NO3/c1-13(2,3)14-5-4-10(15)8-6-11(16)12(17)7-9(8)14;1-11-3-2-8(12)6-4-9(13)10(14)5-7(6)11/h4-7,16-17H,1-3H3;2-5,13-14H,1H3. The molecule has 0 amide bonds. The van der Waals surface area contributed by atoms with Crippen molar-refractivity contribution in [1.29, 1.82) is 0 Å². The maximum absolute atomic E-state index is 11.7. The molecule has 2 heterocycles. The van der Waals surface area contributed by atoms with Crippen molar-refractivity contribution in [3.8, 4) is 23.0 Å². The summed E-state index contributed by atoms with van der Waals surface area (Å²) in [6, 6.07) is 8.23. The zero-order chi connectivity index (χ0) is 23.1. The number of fused-ring (bicyclic) bond motifs is 2. The number of hydrogen-bond donors (Lipinski definition) is 4. The largest absolute Gasteiger partial charge is 0.504 e. The molecule has 0 fully saturated rings. The number of aromatic hydroxyl groups is 4. The normalized spacial score (nSPS) is 11.4. The summed E-state index contributed by atoms with van der Waals surface area (Å²) in [5.41, 5.74) is 0.646. The van der Waals surface area contributed by atoms with E-state index < -0.39 is 0 Å². The summed E-state index contributed by atoms with van der Waals surface area (Å²) in [6.45, 7) is 6.00. The molecule has 0 spiro atoms. The first-order chi connectivity index (χ1) is 14.4.